The molecule has 1 N–H and O–H groups in total. The standard InChI is InChI=1S/C13H15F2NO2/c1-9(17)10-2-4-11(5-3-10)12(18)16-7-6-13(14,15)8-16/h2-5,9,17H,6-8H2,1H3/t9-/m0/s1. The first-order chi connectivity index (χ1) is 8.39. The molecule has 5 heteroatoms. The van der Waals surface area contributed by atoms with E-state index < -0.39 is 18.6 Å². The Morgan fingerprint density at radius 1 is 1.39 bits per heavy atom. The zero-order valence-corrected chi connectivity index (χ0v) is 10.1. The number of aliphatic hydroxyl groups is 1. The SMILES string of the molecule is C[C@H](O)c1ccc(C(=O)N2CCC(F)(F)C2)cc1. The molecule has 1 aromatic carbocycles. The van der Waals surface area contributed by atoms with E-state index in [0.29, 0.717) is 11.1 Å². The summed E-state index contributed by atoms with van der Waals surface area (Å²) < 4.78 is 26.0. The van der Waals surface area contributed by atoms with E-state index in [1.807, 2.05) is 0 Å². The van der Waals surface area contributed by atoms with Gasteiger partial charge in [-0.25, -0.2) is 8.78 Å². The van der Waals surface area contributed by atoms with Crippen LogP contribution in [0.5, 0.6) is 0 Å². The lowest BCUT2D eigenvalue weighted by Gasteiger charge is -2.16. The fraction of sp³-hybridized carbons (Fsp3) is 0.462. The number of halogens is 2. The molecule has 1 fully saturated rings. The van der Waals surface area contributed by atoms with E-state index in [1.54, 1.807) is 31.2 Å². The summed E-state index contributed by atoms with van der Waals surface area (Å²) in [6, 6.07) is 6.37. The molecular weight excluding hydrogens is 240 g/mol. The van der Waals surface area contributed by atoms with Crippen LogP contribution in [-0.2, 0) is 0 Å². The van der Waals surface area contributed by atoms with E-state index in [9.17, 15) is 18.7 Å². The second kappa shape index (κ2) is 4.65. The van der Waals surface area contributed by atoms with Crippen molar-refractivity contribution in [1.29, 1.82) is 0 Å². The molecule has 1 aromatic rings. The first-order valence-electron chi connectivity index (χ1n) is 5.84. The predicted molar refractivity (Wildman–Crippen MR) is 62.5 cm³/mol. The normalized spacial score (nSPS) is 19.9. The van der Waals surface area contributed by atoms with E-state index in [0.717, 1.165) is 4.90 Å². The van der Waals surface area contributed by atoms with Crippen LogP contribution in [0, 0.1) is 0 Å². The van der Waals surface area contributed by atoms with Crippen LogP contribution >= 0.6 is 0 Å². The molecule has 1 atom stereocenters. The third kappa shape index (κ3) is 2.67. The number of hydrogen-bond acceptors (Lipinski definition) is 2. The number of amides is 1. The second-order valence-corrected chi connectivity index (χ2v) is 4.63. The van der Waals surface area contributed by atoms with Crippen molar-refractivity contribution in [3.05, 3.63) is 35.4 Å². The zero-order chi connectivity index (χ0) is 13.3. The molecule has 1 heterocycles. The van der Waals surface area contributed by atoms with Gasteiger partial charge in [0.25, 0.3) is 11.8 Å². The highest BCUT2D eigenvalue weighted by molar-refractivity contribution is 5.94. The van der Waals surface area contributed by atoms with Gasteiger partial charge < -0.3 is 10.0 Å². The Labute approximate surface area is 104 Å². The van der Waals surface area contributed by atoms with Gasteiger partial charge >= 0.3 is 0 Å². The van der Waals surface area contributed by atoms with Crippen molar-refractivity contribution in [2.24, 2.45) is 0 Å². The summed E-state index contributed by atoms with van der Waals surface area (Å²) in [6.07, 6.45) is -0.880. The van der Waals surface area contributed by atoms with Gasteiger partial charge in [0.05, 0.1) is 12.6 Å². The molecule has 1 aliphatic heterocycles. The molecule has 0 radical (unpaired) electrons. The molecule has 98 valence electrons. The summed E-state index contributed by atoms with van der Waals surface area (Å²) in [6.45, 7) is 1.20. The van der Waals surface area contributed by atoms with Gasteiger partial charge in [0.2, 0.25) is 0 Å². The first-order valence-corrected chi connectivity index (χ1v) is 5.84. The van der Waals surface area contributed by atoms with Gasteiger partial charge in [-0.3, -0.25) is 4.79 Å². The zero-order valence-electron chi connectivity index (χ0n) is 10.1. The number of likely N-dealkylation sites (tertiary alicyclic amines) is 1. The molecule has 1 aliphatic rings. The smallest absolute Gasteiger partial charge is 0.267 e. The molecule has 2 rings (SSSR count). The number of rotatable bonds is 2. The Hall–Kier alpha value is -1.49. The van der Waals surface area contributed by atoms with Crippen molar-refractivity contribution in [1.82, 2.24) is 4.90 Å². The number of nitrogens with zero attached hydrogens (tertiary/aromatic N) is 1. The average molecular weight is 255 g/mol. The van der Waals surface area contributed by atoms with Gasteiger partial charge in [-0.1, -0.05) is 12.1 Å². The highest BCUT2D eigenvalue weighted by Gasteiger charge is 2.40. The van der Waals surface area contributed by atoms with Gasteiger partial charge in [-0.15, -0.1) is 0 Å². The molecule has 0 bridgehead atoms. The van der Waals surface area contributed by atoms with Gasteiger partial charge in [0, 0.05) is 18.5 Å². The monoisotopic (exact) mass is 255 g/mol. The van der Waals surface area contributed by atoms with Crippen LogP contribution in [0.2, 0.25) is 0 Å². The molecule has 1 saturated heterocycles. The van der Waals surface area contributed by atoms with Crippen molar-refractivity contribution in [3.63, 3.8) is 0 Å². The van der Waals surface area contributed by atoms with E-state index in [2.05, 4.69) is 0 Å². The third-order valence-corrected chi connectivity index (χ3v) is 3.10. The highest BCUT2D eigenvalue weighted by atomic mass is 19.3. The van der Waals surface area contributed by atoms with Crippen LogP contribution in [-0.4, -0.2) is 34.9 Å². The Morgan fingerprint density at radius 2 is 2.00 bits per heavy atom. The maximum Gasteiger partial charge on any atom is 0.267 e. The summed E-state index contributed by atoms with van der Waals surface area (Å²) in [5.74, 6) is -3.15. The van der Waals surface area contributed by atoms with Crippen LogP contribution in [0.15, 0.2) is 24.3 Å². The summed E-state index contributed by atoms with van der Waals surface area (Å²) in [4.78, 5) is 13.1. The minimum Gasteiger partial charge on any atom is -0.389 e. The summed E-state index contributed by atoms with van der Waals surface area (Å²) in [5.41, 5.74) is 1.07. The summed E-state index contributed by atoms with van der Waals surface area (Å²) >= 11 is 0. The van der Waals surface area contributed by atoms with Gasteiger partial charge in [-0.05, 0) is 24.6 Å². The van der Waals surface area contributed by atoms with Crippen molar-refractivity contribution < 1.29 is 18.7 Å². The molecule has 1 amide bonds. The predicted octanol–water partition coefficient (Wildman–Crippen LogP) is 2.22. The molecule has 0 aliphatic carbocycles. The Kier molecular flexibility index (Phi) is 3.34. The molecule has 18 heavy (non-hydrogen) atoms. The van der Waals surface area contributed by atoms with Crippen molar-refractivity contribution >= 4 is 5.91 Å². The third-order valence-electron chi connectivity index (χ3n) is 3.10. The summed E-state index contributed by atoms with van der Waals surface area (Å²) in [7, 11) is 0. The van der Waals surface area contributed by atoms with Crippen molar-refractivity contribution in [2.75, 3.05) is 13.1 Å². The van der Waals surface area contributed by atoms with E-state index >= 15 is 0 Å². The van der Waals surface area contributed by atoms with Gasteiger partial charge in [0.1, 0.15) is 0 Å². The minimum atomic E-state index is -2.77. The second-order valence-electron chi connectivity index (χ2n) is 4.63. The van der Waals surface area contributed by atoms with Crippen LogP contribution < -0.4 is 0 Å². The molecular formula is C13H15F2NO2. The molecule has 0 spiro atoms. The molecule has 3 nitrogen and oxygen atoms in total. The topological polar surface area (TPSA) is 40.5 Å². The number of benzene rings is 1. The van der Waals surface area contributed by atoms with Crippen LogP contribution in [0.3, 0.4) is 0 Å². The lowest BCUT2D eigenvalue weighted by molar-refractivity contribution is 0.0120. The van der Waals surface area contributed by atoms with Gasteiger partial charge in [0.15, 0.2) is 0 Å². The summed E-state index contributed by atoms with van der Waals surface area (Å²) in [5, 5.41) is 9.34. The maximum atomic E-state index is 13.0. The lowest BCUT2D eigenvalue weighted by Crippen LogP contribution is -2.31. The van der Waals surface area contributed by atoms with Crippen LogP contribution in [0.1, 0.15) is 35.4 Å². The van der Waals surface area contributed by atoms with Crippen LogP contribution in [0.25, 0.3) is 0 Å². The molecule has 0 saturated carbocycles. The Morgan fingerprint density at radius 3 is 2.44 bits per heavy atom. The van der Waals surface area contributed by atoms with E-state index in [4.69, 9.17) is 0 Å². The number of hydrogen-bond donors (Lipinski definition) is 1. The fourth-order valence-corrected chi connectivity index (χ4v) is 2.00. The van der Waals surface area contributed by atoms with E-state index in [1.165, 1.54) is 0 Å². The average Bonchev–Trinajstić information content (AvgIpc) is 2.69. The lowest BCUT2D eigenvalue weighted by atomic mass is 10.1. The van der Waals surface area contributed by atoms with Gasteiger partial charge in [-0.2, -0.15) is 0 Å². The number of carbonyl (C=O) groups is 1. The van der Waals surface area contributed by atoms with Crippen molar-refractivity contribution in [3.8, 4) is 0 Å². The molecule has 0 unspecified atom stereocenters. The van der Waals surface area contributed by atoms with E-state index in [-0.39, 0.29) is 18.9 Å². The largest absolute Gasteiger partial charge is 0.389 e. The maximum absolute atomic E-state index is 13.0. The van der Waals surface area contributed by atoms with Crippen LogP contribution in [0.4, 0.5) is 8.78 Å². The first kappa shape index (κ1) is 13.0. The highest BCUT2D eigenvalue weighted by Crippen LogP contribution is 2.28. The quantitative estimate of drug-likeness (QED) is 0.880. The number of carbonyl (C=O) groups excluding carboxylic acids is 1. The van der Waals surface area contributed by atoms with Crippen molar-refractivity contribution in [2.45, 2.75) is 25.4 Å². The number of alkyl halides is 2. The molecule has 0 aromatic heterocycles. The Bertz CT molecular complexity index is 443. The number of aliphatic hydroxyl groups excluding tert-OH is 1. The Balaban J connectivity index is 2.10. The minimum absolute atomic E-state index is 0.0873. The fourth-order valence-electron chi connectivity index (χ4n) is 2.00.